The van der Waals surface area contributed by atoms with Crippen LogP contribution in [0.5, 0.6) is 0 Å². The van der Waals surface area contributed by atoms with Gasteiger partial charge in [-0.15, -0.1) is 11.3 Å². The molecule has 106 valence electrons. The molecule has 4 heteroatoms. The Hall–Kier alpha value is -1.23. The molecule has 0 bridgehead atoms. The van der Waals surface area contributed by atoms with E-state index in [0.717, 1.165) is 42.2 Å². The molecule has 0 radical (unpaired) electrons. The van der Waals surface area contributed by atoms with E-state index in [1.807, 2.05) is 18.2 Å². The number of hydrogen-bond acceptors (Lipinski definition) is 4. The third-order valence-corrected chi connectivity index (χ3v) is 4.80. The molecule has 1 atom stereocenters. The normalized spacial score (nSPS) is 18.1. The lowest BCUT2D eigenvalue weighted by Crippen LogP contribution is -2.34. The molecule has 0 spiro atoms. The van der Waals surface area contributed by atoms with Gasteiger partial charge < -0.3 is 10.4 Å². The zero-order valence-electron chi connectivity index (χ0n) is 11.5. The van der Waals surface area contributed by atoms with Gasteiger partial charge in [-0.05, 0) is 31.8 Å². The van der Waals surface area contributed by atoms with Crippen LogP contribution in [0.15, 0.2) is 35.7 Å². The number of aliphatic hydroxyl groups excluding tert-OH is 1. The van der Waals surface area contributed by atoms with E-state index in [0.29, 0.717) is 12.3 Å². The predicted molar refractivity (Wildman–Crippen MR) is 82.9 cm³/mol. The zero-order valence-corrected chi connectivity index (χ0v) is 12.3. The fourth-order valence-corrected chi connectivity index (χ4v) is 3.58. The summed E-state index contributed by atoms with van der Waals surface area (Å²) in [5.41, 5.74) is 2.16. The van der Waals surface area contributed by atoms with Gasteiger partial charge in [-0.3, -0.25) is 0 Å². The Balaban J connectivity index is 1.65. The number of thiazole rings is 1. The first-order chi connectivity index (χ1) is 9.83. The molecular formula is C16H20N2OS. The van der Waals surface area contributed by atoms with Crippen LogP contribution >= 0.6 is 11.3 Å². The van der Waals surface area contributed by atoms with Crippen molar-refractivity contribution in [1.82, 2.24) is 10.3 Å². The number of benzene rings is 1. The molecule has 1 saturated heterocycles. The molecule has 2 N–H and O–H groups in total. The Morgan fingerprint density at radius 2 is 2.00 bits per heavy atom. The Bertz CT molecular complexity index is 534. The van der Waals surface area contributed by atoms with Crippen LogP contribution in [0.4, 0.5) is 0 Å². The van der Waals surface area contributed by atoms with Crippen LogP contribution in [-0.2, 0) is 6.42 Å². The largest absolute Gasteiger partial charge is 0.392 e. The van der Waals surface area contributed by atoms with Crippen molar-refractivity contribution in [3.05, 3.63) is 40.7 Å². The van der Waals surface area contributed by atoms with Crippen LogP contribution in [0.2, 0.25) is 0 Å². The van der Waals surface area contributed by atoms with E-state index < -0.39 is 0 Å². The molecule has 1 fully saturated rings. The van der Waals surface area contributed by atoms with E-state index in [1.54, 1.807) is 11.3 Å². The first-order valence-electron chi connectivity index (χ1n) is 7.21. The van der Waals surface area contributed by atoms with Crippen LogP contribution in [-0.4, -0.2) is 29.3 Å². The monoisotopic (exact) mass is 288 g/mol. The van der Waals surface area contributed by atoms with Gasteiger partial charge in [0, 0.05) is 17.4 Å². The lowest BCUT2D eigenvalue weighted by Gasteiger charge is -2.26. The maximum atomic E-state index is 10.3. The maximum Gasteiger partial charge on any atom is 0.0958 e. The van der Waals surface area contributed by atoms with E-state index in [4.69, 9.17) is 0 Å². The lowest BCUT2D eigenvalue weighted by atomic mass is 9.91. The smallest absolute Gasteiger partial charge is 0.0958 e. The van der Waals surface area contributed by atoms with Crippen molar-refractivity contribution in [1.29, 1.82) is 0 Å². The minimum atomic E-state index is -0.258. The van der Waals surface area contributed by atoms with Crippen molar-refractivity contribution in [2.24, 2.45) is 5.92 Å². The molecule has 0 amide bonds. The molecule has 1 aromatic carbocycles. The average Bonchev–Trinajstić information content (AvgIpc) is 2.97. The van der Waals surface area contributed by atoms with Gasteiger partial charge in [0.2, 0.25) is 0 Å². The van der Waals surface area contributed by atoms with E-state index in [1.165, 1.54) is 0 Å². The number of nitrogens with one attached hydrogen (secondary N) is 1. The van der Waals surface area contributed by atoms with E-state index >= 15 is 0 Å². The number of piperidine rings is 1. The number of aromatic nitrogens is 1. The Labute approximate surface area is 123 Å². The molecule has 0 aliphatic carbocycles. The molecule has 1 aromatic heterocycles. The second-order valence-electron chi connectivity index (χ2n) is 5.35. The second kappa shape index (κ2) is 6.48. The number of hydrogen-bond donors (Lipinski definition) is 2. The van der Waals surface area contributed by atoms with Crippen molar-refractivity contribution in [3.63, 3.8) is 0 Å². The molecule has 0 saturated carbocycles. The van der Waals surface area contributed by atoms with Gasteiger partial charge in [-0.2, -0.15) is 0 Å². The highest BCUT2D eigenvalue weighted by Gasteiger charge is 2.22. The zero-order chi connectivity index (χ0) is 13.8. The van der Waals surface area contributed by atoms with E-state index in [2.05, 4.69) is 27.8 Å². The van der Waals surface area contributed by atoms with Gasteiger partial charge in [-0.1, -0.05) is 30.3 Å². The topological polar surface area (TPSA) is 45.2 Å². The number of nitrogens with zero attached hydrogens (tertiary/aromatic N) is 1. The molecule has 1 aliphatic rings. The van der Waals surface area contributed by atoms with Crippen molar-refractivity contribution in [3.8, 4) is 11.3 Å². The number of aliphatic hydroxyl groups is 1. The third-order valence-electron chi connectivity index (χ3n) is 3.93. The second-order valence-corrected chi connectivity index (χ2v) is 6.29. The highest BCUT2D eigenvalue weighted by atomic mass is 32.1. The summed E-state index contributed by atoms with van der Waals surface area (Å²) in [5, 5.41) is 16.8. The molecule has 3 nitrogen and oxygen atoms in total. The summed E-state index contributed by atoms with van der Waals surface area (Å²) in [6.07, 6.45) is 2.56. The van der Waals surface area contributed by atoms with Gasteiger partial charge >= 0.3 is 0 Å². The Morgan fingerprint density at radius 3 is 2.75 bits per heavy atom. The summed E-state index contributed by atoms with van der Waals surface area (Å²) in [6.45, 7) is 2.05. The maximum absolute atomic E-state index is 10.3. The van der Waals surface area contributed by atoms with Crippen LogP contribution in [0.25, 0.3) is 11.3 Å². The van der Waals surface area contributed by atoms with Crippen molar-refractivity contribution in [2.75, 3.05) is 13.1 Å². The Kier molecular flexibility index (Phi) is 4.45. The standard InChI is InChI=1S/C16H20N2OS/c19-15(13-6-8-17-9-7-13)10-16-18-14(11-20-16)12-4-2-1-3-5-12/h1-5,11,13,15,17,19H,6-10H2. The SMILES string of the molecule is OC(Cc1nc(-c2ccccc2)cs1)C1CCNCC1. The van der Waals surface area contributed by atoms with Crippen molar-refractivity contribution < 1.29 is 5.11 Å². The molecule has 1 unspecified atom stereocenters. The first-order valence-corrected chi connectivity index (χ1v) is 8.09. The molecule has 2 heterocycles. The predicted octanol–water partition coefficient (Wildman–Crippen LogP) is 2.71. The van der Waals surface area contributed by atoms with Gasteiger partial charge in [0.1, 0.15) is 0 Å². The molecule has 1 aliphatic heterocycles. The van der Waals surface area contributed by atoms with Crippen LogP contribution in [0.3, 0.4) is 0 Å². The van der Waals surface area contributed by atoms with Gasteiger partial charge in [0.05, 0.1) is 16.8 Å². The van der Waals surface area contributed by atoms with Gasteiger partial charge in [0.25, 0.3) is 0 Å². The van der Waals surface area contributed by atoms with Crippen LogP contribution in [0.1, 0.15) is 17.8 Å². The minimum Gasteiger partial charge on any atom is -0.392 e. The molecule has 3 rings (SSSR count). The highest BCUT2D eigenvalue weighted by molar-refractivity contribution is 7.09. The average molecular weight is 288 g/mol. The summed E-state index contributed by atoms with van der Waals surface area (Å²) in [6, 6.07) is 10.2. The first kappa shape index (κ1) is 13.7. The summed E-state index contributed by atoms with van der Waals surface area (Å²) < 4.78 is 0. The van der Waals surface area contributed by atoms with E-state index in [-0.39, 0.29) is 6.10 Å². The highest BCUT2D eigenvalue weighted by Crippen LogP contribution is 2.25. The van der Waals surface area contributed by atoms with Crippen LogP contribution in [0, 0.1) is 5.92 Å². The molecule has 2 aromatic rings. The fraction of sp³-hybridized carbons (Fsp3) is 0.438. The fourth-order valence-electron chi connectivity index (χ4n) is 2.72. The Morgan fingerprint density at radius 1 is 1.25 bits per heavy atom. The molecule has 20 heavy (non-hydrogen) atoms. The molecular weight excluding hydrogens is 268 g/mol. The van der Waals surface area contributed by atoms with Crippen LogP contribution < -0.4 is 5.32 Å². The summed E-state index contributed by atoms with van der Waals surface area (Å²) in [4.78, 5) is 4.66. The number of rotatable bonds is 4. The van der Waals surface area contributed by atoms with Crippen molar-refractivity contribution in [2.45, 2.75) is 25.4 Å². The summed E-state index contributed by atoms with van der Waals surface area (Å²) in [5.74, 6) is 0.417. The lowest BCUT2D eigenvalue weighted by molar-refractivity contribution is 0.0890. The quantitative estimate of drug-likeness (QED) is 0.909. The third kappa shape index (κ3) is 3.26. The van der Waals surface area contributed by atoms with Gasteiger partial charge in [0.15, 0.2) is 0 Å². The van der Waals surface area contributed by atoms with Gasteiger partial charge in [-0.25, -0.2) is 4.98 Å². The van der Waals surface area contributed by atoms with E-state index in [9.17, 15) is 5.11 Å². The minimum absolute atomic E-state index is 0.258. The van der Waals surface area contributed by atoms with Crippen molar-refractivity contribution >= 4 is 11.3 Å². The summed E-state index contributed by atoms with van der Waals surface area (Å²) >= 11 is 1.65. The summed E-state index contributed by atoms with van der Waals surface area (Å²) in [7, 11) is 0.